The van der Waals surface area contributed by atoms with Gasteiger partial charge in [-0.25, -0.2) is 4.79 Å². The van der Waals surface area contributed by atoms with Gasteiger partial charge in [-0.1, -0.05) is 32.4 Å². The van der Waals surface area contributed by atoms with Crippen molar-refractivity contribution in [2.75, 3.05) is 18.6 Å². The number of carbonyl (C=O) groups excluding carboxylic acids is 3. The van der Waals surface area contributed by atoms with Gasteiger partial charge in [-0.3, -0.25) is 14.4 Å². The average molecular weight is 554 g/mol. The predicted octanol–water partition coefficient (Wildman–Crippen LogP) is 0.729. The molecular weight excluding hydrogens is 510 g/mol. The summed E-state index contributed by atoms with van der Waals surface area (Å²) in [7, 11) is 0. The molecule has 0 aromatic heterocycles. The highest BCUT2D eigenvalue weighted by molar-refractivity contribution is 7.98. The topological polar surface area (TPSA) is 197 Å². The van der Waals surface area contributed by atoms with Gasteiger partial charge in [-0.15, -0.1) is 0 Å². The van der Waals surface area contributed by atoms with E-state index in [1.807, 2.05) is 13.2 Å². The number of benzene rings is 1. The van der Waals surface area contributed by atoms with Crippen LogP contribution in [0.25, 0.3) is 0 Å². The third-order valence-electron chi connectivity index (χ3n) is 6.33. The lowest BCUT2D eigenvalue weighted by Gasteiger charge is -2.28. The van der Waals surface area contributed by atoms with E-state index in [9.17, 15) is 29.4 Å². The van der Waals surface area contributed by atoms with Crippen LogP contribution in [0.15, 0.2) is 24.3 Å². The van der Waals surface area contributed by atoms with E-state index in [1.54, 1.807) is 19.1 Å². The lowest BCUT2D eigenvalue weighted by atomic mass is 9.97. The fourth-order valence-corrected chi connectivity index (χ4v) is 4.20. The zero-order chi connectivity index (χ0) is 28.7. The first-order chi connectivity index (χ1) is 18.0. The SMILES string of the molecule is CCC(C)C(NC(=O)C(CCSC)NC(=O)C(N)Cc1ccc(O)cc1)C(=O)NC(CCCCN)C(=O)O. The van der Waals surface area contributed by atoms with Crippen LogP contribution in [0.4, 0.5) is 0 Å². The van der Waals surface area contributed by atoms with Gasteiger partial charge in [0.25, 0.3) is 0 Å². The number of carboxylic acids is 1. The summed E-state index contributed by atoms with van der Waals surface area (Å²) < 4.78 is 0. The van der Waals surface area contributed by atoms with E-state index >= 15 is 0 Å². The second-order valence-corrected chi connectivity index (χ2v) is 10.4. The fraction of sp³-hybridized carbons (Fsp3) is 0.615. The summed E-state index contributed by atoms with van der Waals surface area (Å²) in [4.78, 5) is 50.8. The summed E-state index contributed by atoms with van der Waals surface area (Å²) in [5.41, 5.74) is 12.3. The molecular formula is C26H43N5O6S. The van der Waals surface area contributed by atoms with Gasteiger partial charge < -0.3 is 37.6 Å². The maximum Gasteiger partial charge on any atom is 0.326 e. The van der Waals surface area contributed by atoms with Crippen LogP contribution in [0.1, 0.15) is 51.5 Å². The highest BCUT2D eigenvalue weighted by atomic mass is 32.2. The first-order valence-electron chi connectivity index (χ1n) is 12.9. The molecule has 0 aliphatic rings. The zero-order valence-corrected chi connectivity index (χ0v) is 23.3. The Hall–Kier alpha value is -2.83. The van der Waals surface area contributed by atoms with Crippen LogP contribution in [0.2, 0.25) is 0 Å². The number of aromatic hydroxyl groups is 1. The molecule has 0 saturated carbocycles. The van der Waals surface area contributed by atoms with Gasteiger partial charge in [0, 0.05) is 0 Å². The quantitative estimate of drug-likeness (QED) is 0.128. The largest absolute Gasteiger partial charge is 0.508 e. The summed E-state index contributed by atoms with van der Waals surface area (Å²) in [6.07, 6.45) is 4.36. The molecule has 0 saturated heterocycles. The second kappa shape index (κ2) is 17.6. The molecule has 5 atom stereocenters. The van der Waals surface area contributed by atoms with Gasteiger partial charge in [-0.05, 0) is 74.3 Å². The Morgan fingerprint density at radius 3 is 2.13 bits per heavy atom. The molecule has 11 nitrogen and oxygen atoms in total. The van der Waals surface area contributed by atoms with E-state index in [4.69, 9.17) is 11.5 Å². The van der Waals surface area contributed by atoms with E-state index in [1.165, 1.54) is 23.9 Å². The van der Waals surface area contributed by atoms with Crippen molar-refractivity contribution in [3.05, 3.63) is 29.8 Å². The number of aliphatic carboxylic acids is 1. The minimum atomic E-state index is -1.16. The number of nitrogens with one attached hydrogen (secondary N) is 3. The number of amides is 3. The molecule has 0 aliphatic carbocycles. The van der Waals surface area contributed by atoms with Crippen LogP contribution in [0.3, 0.4) is 0 Å². The molecule has 0 heterocycles. The molecule has 0 fully saturated rings. The first-order valence-corrected chi connectivity index (χ1v) is 14.3. The van der Waals surface area contributed by atoms with E-state index in [2.05, 4.69) is 16.0 Å². The number of carbonyl (C=O) groups is 4. The highest BCUT2D eigenvalue weighted by Gasteiger charge is 2.32. The number of thioether (sulfide) groups is 1. The Bertz CT molecular complexity index is 901. The molecule has 38 heavy (non-hydrogen) atoms. The van der Waals surface area contributed by atoms with Crippen molar-refractivity contribution in [1.82, 2.24) is 16.0 Å². The number of hydrogen-bond donors (Lipinski definition) is 7. The predicted molar refractivity (Wildman–Crippen MR) is 149 cm³/mol. The molecule has 1 rings (SSSR count). The Labute approximate surface area is 228 Å². The number of rotatable bonds is 18. The third kappa shape index (κ3) is 11.7. The van der Waals surface area contributed by atoms with Gasteiger partial charge in [0.05, 0.1) is 6.04 Å². The minimum absolute atomic E-state index is 0.103. The lowest BCUT2D eigenvalue weighted by Crippen LogP contribution is -2.58. The standard InChI is InChI=1S/C26H43N5O6S/c1-4-16(2)22(25(35)30-21(26(36)37)7-5-6-13-27)31-24(34)20(12-14-38-3)29-23(33)19(28)15-17-8-10-18(32)11-9-17/h8-11,16,19-22,32H,4-7,12-15,27-28H2,1-3H3,(H,29,33)(H,30,35)(H,31,34)(H,36,37). The van der Waals surface area contributed by atoms with E-state index in [0.717, 1.165) is 5.56 Å². The van der Waals surface area contributed by atoms with Crippen molar-refractivity contribution < 1.29 is 29.4 Å². The molecule has 3 amide bonds. The molecule has 1 aromatic rings. The lowest BCUT2D eigenvalue weighted by molar-refractivity contribution is -0.143. The summed E-state index contributed by atoms with van der Waals surface area (Å²) in [5, 5.41) is 26.9. The molecule has 1 aromatic carbocycles. The van der Waals surface area contributed by atoms with Gasteiger partial charge in [0.1, 0.15) is 23.9 Å². The summed E-state index contributed by atoms with van der Waals surface area (Å²) >= 11 is 1.50. The maximum absolute atomic E-state index is 13.3. The molecule has 0 spiro atoms. The second-order valence-electron chi connectivity index (χ2n) is 9.38. The van der Waals surface area contributed by atoms with Gasteiger partial charge in [0.2, 0.25) is 17.7 Å². The molecule has 0 aliphatic heterocycles. The normalized spacial score (nSPS) is 15.0. The molecule has 0 radical (unpaired) electrons. The first kappa shape index (κ1) is 33.2. The summed E-state index contributed by atoms with van der Waals surface area (Å²) in [6.45, 7) is 4.08. The van der Waals surface area contributed by atoms with Crippen molar-refractivity contribution >= 4 is 35.5 Å². The molecule has 5 unspecified atom stereocenters. The van der Waals surface area contributed by atoms with Crippen LogP contribution in [-0.4, -0.2) is 76.6 Å². The van der Waals surface area contributed by atoms with Gasteiger partial charge in [0.15, 0.2) is 0 Å². The van der Waals surface area contributed by atoms with E-state index in [-0.39, 0.29) is 24.5 Å². The van der Waals surface area contributed by atoms with Crippen LogP contribution in [-0.2, 0) is 25.6 Å². The van der Waals surface area contributed by atoms with Crippen molar-refractivity contribution in [2.45, 2.75) is 76.5 Å². The minimum Gasteiger partial charge on any atom is -0.508 e. The zero-order valence-electron chi connectivity index (χ0n) is 22.4. The molecule has 9 N–H and O–H groups in total. The fourth-order valence-electron chi connectivity index (χ4n) is 3.73. The number of unbranched alkanes of at least 4 members (excludes halogenated alkanes) is 1. The van der Waals surface area contributed by atoms with Crippen LogP contribution >= 0.6 is 11.8 Å². The third-order valence-corrected chi connectivity index (χ3v) is 6.97. The number of phenolic OH excluding ortho intramolecular Hbond substituents is 1. The monoisotopic (exact) mass is 553 g/mol. The highest BCUT2D eigenvalue weighted by Crippen LogP contribution is 2.13. The number of nitrogens with two attached hydrogens (primary N) is 2. The van der Waals surface area contributed by atoms with Gasteiger partial charge in [-0.2, -0.15) is 11.8 Å². The number of hydrogen-bond acceptors (Lipinski definition) is 8. The van der Waals surface area contributed by atoms with Crippen molar-refractivity contribution in [1.29, 1.82) is 0 Å². The maximum atomic E-state index is 13.3. The summed E-state index contributed by atoms with van der Waals surface area (Å²) in [6, 6.07) is 2.39. The Morgan fingerprint density at radius 1 is 0.947 bits per heavy atom. The van der Waals surface area contributed by atoms with E-state index < -0.39 is 47.9 Å². The molecule has 214 valence electrons. The molecule has 0 bridgehead atoms. The van der Waals surface area contributed by atoms with Crippen molar-refractivity contribution in [3.8, 4) is 5.75 Å². The van der Waals surface area contributed by atoms with Crippen LogP contribution in [0, 0.1) is 5.92 Å². The Balaban J connectivity index is 2.94. The van der Waals surface area contributed by atoms with Gasteiger partial charge >= 0.3 is 5.97 Å². The van der Waals surface area contributed by atoms with E-state index in [0.29, 0.717) is 38.0 Å². The Morgan fingerprint density at radius 2 is 1.58 bits per heavy atom. The molecule has 12 heteroatoms. The van der Waals surface area contributed by atoms with Crippen molar-refractivity contribution in [2.24, 2.45) is 17.4 Å². The van der Waals surface area contributed by atoms with Crippen molar-refractivity contribution in [3.63, 3.8) is 0 Å². The number of carboxylic acid groups (broad SMARTS) is 1. The average Bonchev–Trinajstić information content (AvgIpc) is 2.89. The Kier molecular flexibility index (Phi) is 15.4. The smallest absolute Gasteiger partial charge is 0.326 e. The summed E-state index contributed by atoms with van der Waals surface area (Å²) in [5.74, 6) is -2.41. The number of phenols is 1. The van der Waals surface area contributed by atoms with Crippen LogP contribution < -0.4 is 27.4 Å². The van der Waals surface area contributed by atoms with Crippen LogP contribution in [0.5, 0.6) is 5.75 Å².